The van der Waals surface area contributed by atoms with Gasteiger partial charge >= 0.3 is 0 Å². The second-order valence-electron chi connectivity index (χ2n) is 18.6. The van der Waals surface area contributed by atoms with Gasteiger partial charge in [0, 0.05) is 36.7 Å². The van der Waals surface area contributed by atoms with E-state index in [1.807, 2.05) is 52.0 Å². The van der Waals surface area contributed by atoms with E-state index in [0.29, 0.717) is 17.9 Å². The number of alkyl halides is 1. The Morgan fingerprint density at radius 2 is 1.24 bits per heavy atom. The van der Waals surface area contributed by atoms with Gasteiger partial charge in [0.1, 0.15) is 24.2 Å². The number of carbonyl (C=O) groups excluding carboxylic acids is 1. The van der Waals surface area contributed by atoms with Crippen molar-refractivity contribution in [1.29, 1.82) is 0 Å². The van der Waals surface area contributed by atoms with Gasteiger partial charge in [-0.3, -0.25) is 13.9 Å². The summed E-state index contributed by atoms with van der Waals surface area (Å²) < 4.78 is 37.1. The van der Waals surface area contributed by atoms with Crippen LogP contribution in [0.4, 0.5) is 0 Å². The number of ether oxygens (including phenoxy) is 2. The van der Waals surface area contributed by atoms with Crippen LogP contribution in [0.25, 0.3) is 11.1 Å². The van der Waals surface area contributed by atoms with Crippen LogP contribution in [0, 0.1) is 5.92 Å². The molecule has 1 saturated heterocycles. The summed E-state index contributed by atoms with van der Waals surface area (Å²) in [4.78, 5) is 13.0. The number of hydrogen-bond donors (Lipinski definition) is 3. The van der Waals surface area contributed by atoms with Crippen molar-refractivity contribution in [1.82, 2.24) is 10.2 Å². The minimum absolute atomic E-state index is 0.0749. The van der Waals surface area contributed by atoms with Crippen molar-refractivity contribution in [3.63, 3.8) is 0 Å². The molecule has 10 nitrogen and oxygen atoms in total. The molecular formula is C50H69ClN2O8S. The zero-order chi connectivity index (χ0) is 46.5. The van der Waals surface area contributed by atoms with Gasteiger partial charge in [-0.15, -0.1) is 11.6 Å². The minimum atomic E-state index is -3.28. The van der Waals surface area contributed by atoms with E-state index in [0.717, 1.165) is 23.1 Å². The Bertz CT molecular complexity index is 2030. The molecule has 0 bridgehead atoms. The lowest BCUT2D eigenvalue weighted by atomic mass is 9.68. The molecule has 62 heavy (non-hydrogen) atoms. The number of rotatable bonds is 12. The molecule has 2 unspecified atom stereocenters. The van der Waals surface area contributed by atoms with Gasteiger partial charge < -0.3 is 25.0 Å². The zero-order valence-electron chi connectivity index (χ0n) is 38.5. The quantitative estimate of drug-likeness (QED) is 0.0486. The lowest BCUT2D eigenvalue weighted by Crippen LogP contribution is -2.39. The molecule has 2 aliphatic rings. The monoisotopic (exact) mass is 892 g/mol. The number of aliphatic hydroxyl groups is 2. The van der Waals surface area contributed by atoms with E-state index < -0.39 is 27.2 Å². The summed E-state index contributed by atoms with van der Waals surface area (Å²) in [7, 11) is -3.28. The van der Waals surface area contributed by atoms with Crippen LogP contribution in [0.1, 0.15) is 91.5 Å². The fourth-order valence-electron chi connectivity index (χ4n) is 6.75. The van der Waals surface area contributed by atoms with Crippen LogP contribution in [0.5, 0.6) is 11.5 Å². The summed E-state index contributed by atoms with van der Waals surface area (Å²) in [5.74, 6) is 1.55. The maximum atomic E-state index is 10.6. The maximum Gasteiger partial charge on any atom is 0.264 e. The summed E-state index contributed by atoms with van der Waals surface area (Å²) in [6.45, 7) is 26.2. The van der Waals surface area contributed by atoms with Crippen molar-refractivity contribution in [2.24, 2.45) is 5.92 Å². The second-order valence-corrected chi connectivity index (χ2v) is 20.5. The highest BCUT2D eigenvalue weighted by Gasteiger charge is 2.46. The molecule has 1 aliphatic carbocycles. The van der Waals surface area contributed by atoms with E-state index in [2.05, 4.69) is 115 Å². The van der Waals surface area contributed by atoms with E-state index in [-0.39, 0.29) is 36.5 Å². The molecule has 6 rings (SSSR count). The number of nitrogens with one attached hydrogen (secondary N) is 1. The Kier molecular flexibility index (Phi) is 18.8. The first-order chi connectivity index (χ1) is 28.8. The van der Waals surface area contributed by atoms with Crippen molar-refractivity contribution < 1.29 is 37.1 Å². The van der Waals surface area contributed by atoms with Crippen LogP contribution >= 0.6 is 11.6 Å². The van der Waals surface area contributed by atoms with Gasteiger partial charge in [0.25, 0.3) is 10.1 Å². The molecule has 1 heterocycles. The van der Waals surface area contributed by atoms with Gasteiger partial charge in [-0.25, -0.2) is 0 Å². The number of amides is 1. The van der Waals surface area contributed by atoms with E-state index in [4.69, 9.17) is 21.1 Å². The van der Waals surface area contributed by atoms with E-state index in [9.17, 15) is 23.4 Å². The number of carbonyl (C=O) groups is 1. The molecule has 1 fully saturated rings. The van der Waals surface area contributed by atoms with Crippen molar-refractivity contribution in [2.45, 2.75) is 97.4 Å². The van der Waals surface area contributed by atoms with Gasteiger partial charge in [-0.1, -0.05) is 86.3 Å². The Hall–Kier alpha value is -4.23. The van der Waals surface area contributed by atoms with Crippen LogP contribution in [0.2, 0.25) is 0 Å². The third kappa shape index (κ3) is 16.2. The standard InChI is InChI=1S/C32H31ClO4.C7H13NO.C6H13N.C5H12O3S/c1-22(19-34)20-36-26-14-10-23(11-15-26)32(24-12-16-27(17-13-24)37-21-25(35)18-33)30-8-4-2-6-28(30)29-7-3-5-9-31(29)32;1-5-6(9)8-7(2,3)4;1-6(2,3)7-4-5-7;1-5(2,3)8-9(4,6)7/h2-17,22,25,34-35H,18-21H2,1H3;5H,1H2,2-4H3,(H,8,9);4-5H2,1-3H3;1-4H3. The normalized spacial score (nSPS) is 15.0. The number of benzene rings is 4. The van der Waals surface area contributed by atoms with Crippen LogP contribution in [0.15, 0.2) is 110 Å². The van der Waals surface area contributed by atoms with Crippen molar-refractivity contribution in [3.05, 3.63) is 132 Å². The molecule has 340 valence electrons. The first-order valence-electron chi connectivity index (χ1n) is 21.0. The first-order valence-corrected chi connectivity index (χ1v) is 23.3. The number of nitrogens with zero attached hydrogens (tertiary/aromatic N) is 1. The zero-order valence-corrected chi connectivity index (χ0v) is 40.1. The minimum Gasteiger partial charge on any atom is -0.493 e. The third-order valence-electron chi connectivity index (χ3n) is 9.47. The van der Waals surface area contributed by atoms with Crippen molar-refractivity contribution in [3.8, 4) is 22.6 Å². The van der Waals surface area contributed by atoms with Crippen LogP contribution in [-0.2, 0) is 24.5 Å². The summed E-state index contributed by atoms with van der Waals surface area (Å²) in [6, 6.07) is 33.6. The van der Waals surface area contributed by atoms with Crippen LogP contribution < -0.4 is 14.8 Å². The molecule has 0 saturated carbocycles. The Balaban J connectivity index is 0.000000331. The van der Waals surface area contributed by atoms with E-state index in [1.54, 1.807) is 20.8 Å². The SMILES string of the molecule is C=CC(=O)NC(C)(C)C.CC(C)(C)N1CC1.CC(C)(C)OS(C)(=O)=O.CC(CO)COc1ccc(C2(c3ccc(OCC(O)CCl)cc3)c3ccccc3-c3ccccc32)cc1. The molecule has 4 aromatic carbocycles. The predicted octanol–water partition coefficient (Wildman–Crippen LogP) is 8.98. The molecule has 4 aromatic rings. The van der Waals surface area contributed by atoms with Crippen LogP contribution in [0.3, 0.4) is 0 Å². The lowest BCUT2D eigenvalue weighted by molar-refractivity contribution is -0.117. The largest absolute Gasteiger partial charge is 0.493 e. The van der Waals surface area contributed by atoms with Crippen molar-refractivity contribution in [2.75, 3.05) is 45.0 Å². The van der Waals surface area contributed by atoms with E-state index >= 15 is 0 Å². The highest BCUT2D eigenvalue weighted by molar-refractivity contribution is 7.86. The molecular weight excluding hydrogens is 824 g/mol. The molecule has 0 spiro atoms. The first kappa shape index (κ1) is 52.1. The molecule has 1 aliphatic heterocycles. The van der Waals surface area contributed by atoms with Gasteiger partial charge in [0.2, 0.25) is 5.91 Å². The fourth-order valence-corrected chi connectivity index (χ4v) is 7.75. The molecule has 0 radical (unpaired) electrons. The summed E-state index contributed by atoms with van der Waals surface area (Å²) in [6.07, 6.45) is 1.60. The highest BCUT2D eigenvalue weighted by atomic mass is 35.5. The van der Waals surface area contributed by atoms with Gasteiger partial charge in [-0.2, -0.15) is 8.42 Å². The lowest BCUT2D eigenvalue weighted by Gasteiger charge is -2.34. The third-order valence-corrected chi connectivity index (χ3v) is 10.6. The van der Waals surface area contributed by atoms with Gasteiger partial charge in [0.05, 0.1) is 29.8 Å². The molecule has 2 atom stereocenters. The average molecular weight is 894 g/mol. The Morgan fingerprint density at radius 3 is 1.53 bits per heavy atom. The summed E-state index contributed by atoms with van der Waals surface area (Å²) in [5.41, 5.74) is 6.34. The average Bonchev–Trinajstić information content (AvgIpc) is 4.02. The number of fused-ring (bicyclic) bond motifs is 3. The number of aliphatic hydroxyl groups excluding tert-OH is 2. The summed E-state index contributed by atoms with van der Waals surface area (Å²) >= 11 is 5.71. The number of hydrogen-bond acceptors (Lipinski definition) is 9. The second kappa shape index (κ2) is 22.4. The summed E-state index contributed by atoms with van der Waals surface area (Å²) in [5, 5.41) is 21.8. The fraction of sp³-hybridized carbons (Fsp3) is 0.460. The van der Waals surface area contributed by atoms with Crippen molar-refractivity contribution >= 4 is 27.6 Å². The number of halogens is 1. The van der Waals surface area contributed by atoms with Crippen LogP contribution in [-0.4, -0.2) is 97.3 Å². The smallest absolute Gasteiger partial charge is 0.264 e. The Morgan fingerprint density at radius 1 is 0.806 bits per heavy atom. The maximum absolute atomic E-state index is 10.6. The van der Waals surface area contributed by atoms with Gasteiger partial charge in [0.15, 0.2) is 0 Å². The molecule has 0 aromatic heterocycles. The predicted molar refractivity (Wildman–Crippen MR) is 253 cm³/mol. The molecule has 3 N–H and O–H groups in total. The molecule has 12 heteroatoms. The van der Waals surface area contributed by atoms with E-state index in [1.165, 1.54) is 41.4 Å². The molecule has 1 amide bonds. The highest BCUT2D eigenvalue weighted by Crippen LogP contribution is 2.56. The topological polar surface area (TPSA) is 134 Å². The Labute approximate surface area is 376 Å². The van der Waals surface area contributed by atoms with Gasteiger partial charge in [-0.05, 0) is 126 Å².